The molecule has 0 radical (unpaired) electrons. The Hall–Kier alpha value is -1.50. The Morgan fingerprint density at radius 3 is 2.29 bits per heavy atom. The first-order valence-electron chi connectivity index (χ1n) is 7.08. The lowest BCUT2D eigenvalue weighted by molar-refractivity contribution is 0.146. The second-order valence-corrected chi connectivity index (χ2v) is 5.15. The van der Waals surface area contributed by atoms with E-state index in [9.17, 15) is 5.11 Å². The minimum Gasteiger partial charge on any atom is -0.493 e. The van der Waals surface area contributed by atoms with Crippen LogP contribution in [0.3, 0.4) is 0 Å². The Bertz CT molecular complexity index is 442. The maximum absolute atomic E-state index is 9.76. The predicted molar refractivity (Wildman–Crippen MR) is 80.2 cm³/mol. The van der Waals surface area contributed by atoms with Crippen molar-refractivity contribution in [2.75, 3.05) is 41.0 Å². The van der Waals surface area contributed by atoms with Crippen molar-refractivity contribution in [2.24, 2.45) is 5.92 Å². The molecule has 21 heavy (non-hydrogen) atoms. The first-order valence-corrected chi connectivity index (χ1v) is 7.08. The highest BCUT2D eigenvalue weighted by Crippen LogP contribution is 2.38. The summed E-state index contributed by atoms with van der Waals surface area (Å²) < 4.78 is 16.0. The van der Waals surface area contributed by atoms with Crippen LogP contribution in [0.4, 0.5) is 0 Å². The third-order valence-corrected chi connectivity index (χ3v) is 3.76. The van der Waals surface area contributed by atoms with Crippen LogP contribution in [-0.2, 0) is 6.54 Å². The van der Waals surface area contributed by atoms with E-state index in [0.29, 0.717) is 30.3 Å². The second-order valence-electron chi connectivity index (χ2n) is 5.15. The predicted octanol–water partition coefficient (Wildman–Crippen LogP) is 0.382. The molecule has 0 aromatic heterocycles. The van der Waals surface area contributed by atoms with Crippen molar-refractivity contribution in [3.63, 3.8) is 0 Å². The molecule has 0 aliphatic carbocycles. The first kappa shape index (κ1) is 15.9. The van der Waals surface area contributed by atoms with Crippen LogP contribution in [0.25, 0.3) is 0 Å². The van der Waals surface area contributed by atoms with Gasteiger partial charge in [0.2, 0.25) is 5.75 Å². The van der Waals surface area contributed by atoms with Gasteiger partial charge in [0.25, 0.3) is 0 Å². The summed E-state index contributed by atoms with van der Waals surface area (Å²) in [6.45, 7) is 2.98. The van der Waals surface area contributed by atoms with Gasteiger partial charge in [-0.3, -0.25) is 0 Å². The van der Waals surface area contributed by atoms with E-state index in [1.165, 1.54) is 0 Å². The minimum atomic E-state index is -0.266. The van der Waals surface area contributed by atoms with Crippen LogP contribution in [-0.4, -0.2) is 52.2 Å². The van der Waals surface area contributed by atoms with Gasteiger partial charge in [0.15, 0.2) is 11.5 Å². The Balaban J connectivity index is 1.99. The zero-order valence-electron chi connectivity index (χ0n) is 12.8. The van der Waals surface area contributed by atoms with Gasteiger partial charge in [0.1, 0.15) is 0 Å². The number of benzene rings is 1. The molecule has 6 nitrogen and oxygen atoms in total. The molecule has 3 N–H and O–H groups in total. The molecule has 1 aromatic carbocycles. The van der Waals surface area contributed by atoms with Crippen molar-refractivity contribution in [1.29, 1.82) is 0 Å². The van der Waals surface area contributed by atoms with Crippen LogP contribution in [0.15, 0.2) is 12.1 Å². The maximum Gasteiger partial charge on any atom is 0.203 e. The van der Waals surface area contributed by atoms with E-state index < -0.39 is 0 Å². The molecule has 0 amide bonds. The molecular weight excluding hydrogens is 272 g/mol. The average molecular weight is 296 g/mol. The summed E-state index contributed by atoms with van der Waals surface area (Å²) >= 11 is 0. The minimum absolute atomic E-state index is 0.257. The third kappa shape index (κ3) is 3.78. The summed E-state index contributed by atoms with van der Waals surface area (Å²) in [7, 11) is 4.80. The molecule has 118 valence electrons. The van der Waals surface area contributed by atoms with Gasteiger partial charge in [0, 0.05) is 32.1 Å². The average Bonchev–Trinajstić information content (AvgIpc) is 2.91. The maximum atomic E-state index is 9.76. The number of rotatable bonds is 7. The van der Waals surface area contributed by atoms with Crippen molar-refractivity contribution in [1.82, 2.24) is 10.6 Å². The van der Waals surface area contributed by atoms with Gasteiger partial charge in [-0.1, -0.05) is 0 Å². The number of hydrogen-bond acceptors (Lipinski definition) is 6. The fraction of sp³-hybridized carbons (Fsp3) is 0.600. The van der Waals surface area contributed by atoms with Gasteiger partial charge in [-0.15, -0.1) is 0 Å². The number of aliphatic hydroxyl groups excluding tert-OH is 1. The fourth-order valence-corrected chi connectivity index (χ4v) is 2.57. The molecule has 6 heteroatoms. The largest absolute Gasteiger partial charge is 0.493 e. The Labute approximate surface area is 125 Å². The second kappa shape index (κ2) is 7.49. The molecule has 1 fully saturated rings. The monoisotopic (exact) mass is 296 g/mol. The number of methoxy groups -OCH3 is 3. The van der Waals surface area contributed by atoms with Crippen molar-refractivity contribution in [3.8, 4) is 17.2 Å². The van der Waals surface area contributed by atoms with E-state index in [1.807, 2.05) is 12.1 Å². The van der Waals surface area contributed by atoms with Crippen LogP contribution in [0.1, 0.15) is 5.56 Å². The van der Waals surface area contributed by atoms with Gasteiger partial charge >= 0.3 is 0 Å². The molecule has 1 saturated heterocycles. The first-order chi connectivity index (χ1) is 10.2. The van der Waals surface area contributed by atoms with Crippen LogP contribution >= 0.6 is 0 Å². The highest BCUT2D eigenvalue weighted by Gasteiger charge is 2.24. The molecular formula is C15H24N2O4. The number of hydrogen-bond donors (Lipinski definition) is 3. The van der Waals surface area contributed by atoms with E-state index in [1.54, 1.807) is 21.3 Å². The number of nitrogens with one attached hydrogen (secondary N) is 2. The summed E-state index contributed by atoms with van der Waals surface area (Å²) in [4.78, 5) is 0. The molecule has 1 aliphatic rings. The van der Waals surface area contributed by atoms with E-state index in [-0.39, 0.29) is 12.0 Å². The molecule has 2 unspecified atom stereocenters. The Morgan fingerprint density at radius 1 is 1.14 bits per heavy atom. The van der Waals surface area contributed by atoms with Crippen molar-refractivity contribution in [2.45, 2.75) is 12.6 Å². The van der Waals surface area contributed by atoms with Crippen molar-refractivity contribution < 1.29 is 19.3 Å². The lowest BCUT2D eigenvalue weighted by Crippen LogP contribution is -2.30. The van der Waals surface area contributed by atoms with Gasteiger partial charge in [0.05, 0.1) is 27.4 Å². The fourth-order valence-electron chi connectivity index (χ4n) is 2.57. The van der Waals surface area contributed by atoms with Crippen LogP contribution in [0, 0.1) is 5.92 Å². The zero-order chi connectivity index (χ0) is 15.2. The van der Waals surface area contributed by atoms with E-state index in [2.05, 4.69) is 10.6 Å². The summed E-state index contributed by atoms with van der Waals surface area (Å²) in [5.41, 5.74) is 1.05. The van der Waals surface area contributed by atoms with Gasteiger partial charge in [-0.25, -0.2) is 0 Å². The van der Waals surface area contributed by atoms with E-state index >= 15 is 0 Å². The third-order valence-electron chi connectivity index (χ3n) is 3.76. The SMILES string of the molecule is COc1cc(CNCC2CNCC2O)cc(OC)c1OC. The number of aliphatic hydroxyl groups is 1. The van der Waals surface area contributed by atoms with Gasteiger partial charge < -0.3 is 30.0 Å². The quantitative estimate of drug-likeness (QED) is 0.676. The Morgan fingerprint density at radius 2 is 1.81 bits per heavy atom. The topological polar surface area (TPSA) is 72.0 Å². The van der Waals surface area contributed by atoms with Crippen molar-refractivity contribution >= 4 is 0 Å². The Kier molecular flexibility index (Phi) is 5.67. The highest BCUT2D eigenvalue weighted by molar-refractivity contribution is 5.53. The molecule has 2 rings (SSSR count). The van der Waals surface area contributed by atoms with Crippen LogP contribution in [0.2, 0.25) is 0 Å². The highest BCUT2D eigenvalue weighted by atomic mass is 16.5. The lowest BCUT2D eigenvalue weighted by atomic mass is 10.1. The molecule has 0 spiro atoms. The van der Waals surface area contributed by atoms with E-state index in [0.717, 1.165) is 18.7 Å². The van der Waals surface area contributed by atoms with Crippen LogP contribution in [0.5, 0.6) is 17.2 Å². The van der Waals surface area contributed by atoms with Crippen LogP contribution < -0.4 is 24.8 Å². The standard InChI is InChI=1S/C15H24N2O4/c1-19-13-4-10(5-14(20-2)15(13)21-3)6-16-7-11-8-17-9-12(11)18/h4-5,11-12,16-18H,6-9H2,1-3H3. The molecule has 1 heterocycles. The van der Waals surface area contributed by atoms with E-state index in [4.69, 9.17) is 14.2 Å². The molecule has 1 aliphatic heterocycles. The molecule has 1 aromatic rings. The zero-order valence-corrected chi connectivity index (χ0v) is 12.8. The molecule has 0 bridgehead atoms. The molecule has 2 atom stereocenters. The summed E-state index contributed by atoms with van der Waals surface area (Å²) in [6.07, 6.45) is -0.266. The summed E-state index contributed by atoms with van der Waals surface area (Å²) in [6, 6.07) is 3.86. The number of ether oxygens (including phenoxy) is 3. The summed E-state index contributed by atoms with van der Waals surface area (Å²) in [5.74, 6) is 2.15. The normalized spacial score (nSPS) is 21.3. The summed E-state index contributed by atoms with van der Waals surface area (Å²) in [5, 5.41) is 16.3. The number of β-amino-alcohol motifs (C(OH)–C–C–N with tert-alkyl or cyclic N) is 1. The molecule has 0 saturated carbocycles. The van der Waals surface area contributed by atoms with Gasteiger partial charge in [-0.2, -0.15) is 0 Å². The van der Waals surface area contributed by atoms with Crippen molar-refractivity contribution in [3.05, 3.63) is 17.7 Å². The van der Waals surface area contributed by atoms with Gasteiger partial charge in [-0.05, 0) is 17.7 Å². The smallest absolute Gasteiger partial charge is 0.203 e. The lowest BCUT2D eigenvalue weighted by Gasteiger charge is -2.16.